The third-order valence-electron chi connectivity index (χ3n) is 5.98. The van der Waals surface area contributed by atoms with Crippen LogP contribution in [0, 0.1) is 17.8 Å². The minimum Gasteiger partial charge on any atom is -0.379 e. The maximum absolute atomic E-state index is 12.2. The van der Waals surface area contributed by atoms with Gasteiger partial charge in [0, 0.05) is 25.4 Å². The van der Waals surface area contributed by atoms with Gasteiger partial charge in [-0.1, -0.05) is 18.3 Å². The maximum atomic E-state index is 12.2. The van der Waals surface area contributed by atoms with E-state index in [4.69, 9.17) is 4.74 Å². The Morgan fingerprint density at radius 3 is 3.04 bits per heavy atom. The molecular formula is C16H20N4O2S. The Hall–Kier alpha value is -1.47. The molecule has 23 heavy (non-hydrogen) atoms. The topological polar surface area (TPSA) is 59.7 Å². The van der Waals surface area contributed by atoms with Gasteiger partial charge in [-0.25, -0.2) is 4.98 Å². The molecule has 0 aromatic carbocycles. The number of aromatic nitrogens is 3. The Bertz CT molecular complexity index is 829. The standard InChI is InChI=1S/C16H20N4O2S/c1-3-10-6-12(21)20-15(17-10)23-16(18-20)19-7-9-4-8-5-11(9)13(19)14(8)22-2/h6,8-9,11,13-14H,3-5,7H2,1-2H3. The van der Waals surface area contributed by atoms with E-state index in [1.807, 2.05) is 14.0 Å². The number of hydrogen-bond donors (Lipinski definition) is 0. The van der Waals surface area contributed by atoms with Crippen LogP contribution in [-0.2, 0) is 11.2 Å². The minimum absolute atomic E-state index is 0.0795. The summed E-state index contributed by atoms with van der Waals surface area (Å²) in [5.41, 5.74) is 0.756. The number of anilines is 1. The fourth-order valence-electron chi connectivity index (χ4n) is 5.08. The third kappa shape index (κ3) is 1.80. The molecule has 3 fully saturated rings. The monoisotopic (exact) mass is 332 g/mol. The Morgan fingerprint density at radius 1 is 1.39 bits per heavy atom. The summed E-state index contributed by atoms with van der Waals surface area (Å²) in [5.74, 6) is 2.19. The molecule has 5 atom stereocenters. The largest absolute Gasteiger partial charge is 0.379 e. The zero-order valence-corrected chi connectivity index (χ0v) is 14.1. The first-order valence-electron chi connectivity index (χ1n) is 8.38. The summed E-state index contributed by atoms with van der Waals surface area (Å²) in [6.45, 7) is 3.06. The molecule has 2 aromatic heterocycles. The Kier molecular flexibility index (Phi) is 2.89. The molecule has 122 valence electrons. The van der Waals surface area contributed by atoms with Crippen LogP contribution in [0.25, 0.3) is 4.96 Å². The number of ether oxygens (including phenoxy) is 1. The van der Waals surface area contributed by atoms with Crippen molar-refractivity contribution in [3.05, 3.63) is 22.1 Å². The van der Waals surface area contributed by atoms with E-state index in [9.17, 15) is 4.79 Å². The molecule has 2 aromatic rings. The van der Waals surface area contributed by atoms with Gasteiger partial charge in [-0.15, -0.1) is 5.10 Å². The van der Waals surface area contributed by atoms with Crippen molar-refractivity contribution >= 4 is 21.4 Å². The van der Waals surface area contributed by atoms with E-state index in [0.29, 0.717) is 23.0 Å². The summed E-state index contributed by atoms with van der Waals surface area (Å²) in [6, 6.07) is 2.01. The molecule has 0 amide bonds. The lowest BCUT2D eigenvalue weighted by Crippen LogP contribution is -2.42. The first-order valence-corrected chi connectivity index (χ1v) is 9.20. The second-order valence-corrected chi connectivity index (χ2v) is 7.95. The highest BCUT2D eigenvalue weighted by atomic mass is 32.1. The highest BCUT2D eigenvalue weighted by Crippen LogP contribution is 2.56. The van der Waals surface area contributed by atoms with Crippen molar-refractivity contribution in [2.24, 2.45) is 17.8 Å². The molecule has 1 saturated heterocycles. The lowest BCUT2D eigenvalue weighted by Gasteiger charge is -2.30. The molecule has 0 spiro atoms. The summed E-state index contributed by atoms with van der Waals surface area (Å²) in [4.78, 5) is 19.9. The highest BCUT2D eigenvalue weighted by molar-refractivity contribution is 7.20. The molecule has 3 heterocycles. The van der Waals surface area contributed by atoms with Crippen molar-refractivity contribution in [1.82, 2.24) is 14.6 Å². The first-order chi connectivity index (χ1) is 11.2. The van der Waals surface area contributed by atoms with E-state index in [-0.39, 0.29) is 5.56 Å². The van der Waals surface area contributed by atoms with Crippen molar-refractivity contribution in [1.29, 1.82) is 0 Å². The lowest BCUT2D eigenvalue weighted by atomic mass is 9.88. The summed E-state index contributed by atoms with van der Waals surface area (Å²) >= 11 is 1.53. The molecule has 1 aliphatic heterocycles. The molecule has 2 aliphatic carbocycles. The predicted octanol–water partition coefficient (Wildman–Crippen LogP) is 1.57. The van der Waals surface area contributed by atoms with E-state index in [1.165, 1.54) is 28.7 Å². The third-order valence-corrected chi connectivity index (χ3v) is 6.93. The van der Waals surface area contributed by atoms with E-state index >= 15 is 0 Å². The number of rotatable bonds is 3. The van der Waals surface area contributed by atoms with Crippen LogP contribution >= 0.6 is 11.3 Å². The Balaban J connectivity index is 1.59. The van der Waals surface area contributed by atoms with Gasteiger partial charge in [-0.05, 0) is 37.0 Å². The van der Waals surface area contributed by atoms with Gasteiger partial charge in [0.25, 0.3) is 5.56 Å². The first kappa shape index (κ1) is 13.9. The summed E-state index contributed by atoms with van der Waals surface area (Å²) in [6.07, 6.45) is 3.64. The Morgan fingerprint density at radius 2 is 2.26 bits per heavy atom. The zero-order valence-electron chi connectivity index (χ0n) is 13.3. The van der Waals surface area contributed by atoms with Gasteiger partial charge in [0.05, 0.1) is 12.1 Å². The van der Waals surface area contributed by atoms with Crippen LogP contribution in [-0.4, -0.2) is 40.4 Å². The number of nitrogens with zero attached hydrogens (tertiary/aromatic N) is 4. The quantitative estimate of drug-likeness (QED) is 0.854. The van der Waals surface area contributed by atoms with Gasteiger partial charge >= 0.3 is 0 Å². The van der Waals surface area contributed by atoms with Crippen LogP contribution < -0.4 is 10.5 Å². The van der Waals surface area contributed by atoms with Crippen LogP contribution in [0.2, 0.25) is 0 Å². The molecule has 2 saturated carbocycles. The smallest absolute Gasteiger partial charge is 0.275 e. The average Bonchev–Trinajstić information content (AvgIpc) is 3.25. The number of hydrogen-bond acceptors (Lipinski definition) is 6. The van der Waals surface area contributed by atoms with E-state index in [0.717, 1.165) is 35.6 Å². The van der Waals surface area contributed by atoms with Crippen molar-refractivity contribution in [2.75, 3.05) is 18.6 Å². The number of fused-ring (bicyclic) bond motifs is 2. The van der Waals surface area contributed by atoms with Crippen LogP contribution in [0.3, 0.4) is 0 Å². The molecule has 5 unspecified atom stereocenters. The summed E-state index contributed by atoms with van der Waals surface area (Å²) in [5, 5.41) is 5.50. The summed E-state index contributed by atoms with van der Waals surface area (Å²) < 4.78 is 7.26. The van der Waals surface area contributed by atoms with E-state index in [2.05, 4.69) is 15.0 Å². The molecule has 0 radical (unpaired) electrons. The summed E-state index contributed by atoms with van der Waals surface area (Å²) in [7, 11) is 1.83. The normalized spacial score (nSPS) is 34.9. The lowest BCUT2D eigenvalue weighted by molar-refractivity contribution is 0.0447. The number of aryl methyl sites for hydroxylation is 1. The van der Waals surface area contributed by atoms with Gasteiger partial charge in [-0.2, -0.15) is 4.52 Å². The Labute approximate surface area is 138 Å². The number of methoxy groups -OCH3 is 1. The second-order valence-electron chi connectivity index (χ2n) is 7.02. The van der Waals surface area contributed by atoms with Crippen molar-refractivity contribution in [3.8, 4) is 0 Å². The zero-order chi connectivity index (χ0) is 15.7. The van der Waals surface area contributed by atoms with Gasteiger partial charge < -0.3 is 9.64 Å². The highest BCUT2D eigenvalue weighted by Gasteiger charge is 2.60. The minimum atomic E-state index is -0.0795. The van der Waals surface area contributed by atoms with Gasteiger partial charge in [0.1, 0.15) is 0 Å². The fraction of sp³-hybridized carbons (Fsp3) is 0.688. The maximum Gasteiger partial charge on any atom is 0.275 e. The van der Waals surface area contributed by atoms with Crippen molar-refractivity contribution < 1.29 is 4.74 Å². The molecule has 5 rings (SSSR count). The predicted molar refractivity (Wildman–Crippen MR) is 88.1 cm³/mol. The molecule has 7 heteroatoms. The van der Waals surface area contributed by atoms with Crippen LogP contribution in [0.4, 0.5) is 5.13 Å². The fourth-order valence-corrected chi connectivity index (χ4v) is 6.06. The molecule has 2 bridgehead atoms. The molecule has 0 N–H and O–H groups in total. The van der Waals surface area contributed by atoms with E-state index < -0.39 is 0 Å². The molecule has 3 aliphatic rings. The SMILES string of the molecule is CCc1cc(=O)n2nc(N3CC4CC5CC4C3C5OC)sc2n1. The average molecular weight is 332 g/mol. The van der Waals surface area contributed by atoms with Gasteiger partial charge in [0.15, 0.2) is 0 Å². The second kappa shape index (κ2) is 4.77. The molecular weight excluding hydrogens is 312 g/mol. The van der Waals surface area contributed by atoms with E-state index in [1.54, 1.807) is 6.07 Å². The van der Waals surface area contributed by atoms with Gasteiger partial charge in [0.2, 0.25) is 10.1 Å². The van der Waals surface area contributed by atoms with Crippen LogP contribution in [0.15, 0.2) is 10.9 Å². The van der Waals surface area contributed by atoms with Crippen molar-refractivity contribution in [2.45, 2.75) is 38.3 Å². The molecule has 6 nitrogen and oxygen atoms in total. The van der Waals surface area contributed by atoms with Crippen molar-refractivity contribution in [3.63, 3.8) is 0 Å². The van der Waals surface area contributed by atoms with Gasteiger partial charge in [-0.3, -0.25) is 4.79 Å². The van der Waals surface area contributed by atoms with Crippen LogP contribution in [0.5, 0.6) is 0 Å². The van der Waals surface area contributed by atoms with Crippen LogP contribution in [0.1, 0.15) is 25.5 Å².